The normalized spacial score (nSPS) is 31.7. The van der Waals surface area contributed by atoms with E-state index in [9.17, 15) is 19.5 Å². The summed E-state index contributed by atoms with van der Waals surface area (Å²) in [5.41, 5.74) is -0.507. The molecule has 1 N–H and O–H groups in total. The third-order valence-corrected chi connectivity index (χ3v) is 5.31. The van der Waals surface area contributed by atoms with Gasteiger partial charge in [0, 0.05) is 5.56 Å². The van der Waals surface area contributed by atoms with Crippen LogP contribution in [0.15, 0.2) is 30.4 Å². The minimum atomic E-state index is -1.15. The molecular weight excluding hydrogens is 338 g/mol. The fourth-order valence-electron chi connectivity index (χ4n) is 4.11. The van der Waals surface area contributed by atoms with Crippen LogP contribution in [0.4, 0.5) is 5.69 Å². The fraction of sp³-hybridized carbons (Fsp3) is 0.421. The highest BCUT2D eigenvalue weighted by atomic mass is 16.5. The zero-order valence-corrected chi connectivity index (χ0v) is 14.5. The van der Waals surface area contributed by atoms with Crippen molar-refractivity contribution in [3.8, 4) is 5.75 Å². The number of rotatable bonds is 5. The number of aliphatic hydroxyl groups excluding tert-OH is 1. The third-order valence-electron chi connectivity index (χ3n) is 5.31. The number of carbonyl (C=O) groups is 3. The molecule has 0 radical (unpaired) electrons. The van der Waals surface area contributed by atoms with Gasteiger partial charge in [-0.25, -0.2) is 4.90 Å². The van der Waals surface area contributed by atoms with Crippen LogP contribution in [0.25, 0.3) is 0 Å². The second-order valence-corrected chi connectivity index (χ2v) is 6.74. The highest BCUT2D eigenvalue weighted by Crippen LogP contribution is 2.53. The second-order valence-electron chi connectivity index (χ2n) is 6.74. The number of benzene rings is 1. The Kier molecular flexibility index (Phi) is 3.75. The maximum absolute atomic E-state index is 13.1. The minimum absolute atomic E-state index is 0.175. The van der Waals surface area contributed by atoms with Crippen LogP contribution in [-0.2, 0) is 14.3 Å². The lowest BCUT2D eigenvalue weighted by Crippen LogP contribution is -2.43. The van der Waals surface area contributed by atoms with Crippen molar-refractivity contribution in [1.82, 2.24) is 0 Å². The van der Waals surface area contributed by atoms with Gasteiger partial charge in [0.25, 0.3) is 0 Å². The van der Waals surface area contributed by atoms with Gasteiger partial charge in [0.05, 0.1) is 36.8 Å². The topological polar surface area (TPSA) is 93.1 Å². The largest absolute Gasteiger partial charge is 0.492 e. The van der Waals surface area contributed by atoms with Crippen molar-refractivity contribution in [2.24, 2.45) is 11.8 Å². The van der Waals surface area contributed by atoms with Gasteiger partial charge in [-0.3, -0.25) is 14.4 Å². The van der Waals surface area contributed by atoms with Gasteiger partial charge in [-0.05, 0) is 32.0 Å². The average Bonchev–Trinajstić information content (AvgIpc) is 3.27. The van der Waals surface area contributed by atoms with E-state index in [4.69, 9.17) is 9.47 Å². The molecular formula is C19H19NO6. The molecule has 136 valence electrons. The highest BCUT2D eigenvalue weighted by Gasteiger charge is 2.67. The van der Waals surface area contributed by atoms with Crippen LogP contribution < -0.4 is 9.64 Å². The molecule has 0 saturated carbocycles. The van der Waals surface area contributed by atoms with Crippen LogP contribution in [-0.4, -0.2) is 47.6 Å². The van der Waals surface area contributed by atoms with Gasteiger partial charge in [0.15, 0.2) is 5.78 Å². The van der Waals surface area contributed by atoms with E-state index in [1.807, 2.05) is 0 Å². The molecule has 3 aliphatic heterocycles. The third kappa shape index (κ3) is 2.10. The molecule has 0 aromatic heterocycles. The average molecular weight is 357 g/mol. The van der Waals surface area contributed by atoms with E-state index >= 15 is 0 Å². The van der Waals surface area contributed by atoms with Crippen LogP contribution in [0.1, 0.15) is 24.2 Å². The Morgan fingerprint density at radius 1 is 1.35 bits per heavy atom. The number of carbonyl (C=O) groups excluding carboxylic acids is 3. The molecule has 0 aliphatic carbocycles. The molecule has 0 unspecified atom stereocenters. The molecule has 7 heteroatoms. The maximum atomic E-state index is 13.1. The van der Waals surface area contributed by atoms with E-state index in [0.29, 0.717) is 17.9 Å². The van der Waals surface area contributed by atoms with Crippen molar-refractivity contribution in [2.75, 3.05) is 18.1 Å². The molecule has 0 spiro atoms. The van der Waals surface area contributed by atoms with E-state index in [1.54, 1.807) is 31.2 Å². The predicted molar refractivity (Wildman–Crippen MR) is 90.9 cm³/mol. The van der Waals surface area contributed by atoms with Crippen molar-refractivity contribution in [1.29, 1.82) is 0 Å². The van der Waals surface area contributed by atoms with Gasteiger partial charge in [0.2, 0.25) is 11.8 Å². The van der Waals surface area contributed by atoms with Gasteiger partial charge in [-0.2, -0.15) is 0 Å². The van der Waals surface area contributed by atoms with Crippen LogP contribution in [0, 0.1) is 11.8 Å². The number of Topliss-reactive ketones (excluding diaryl/α,β-unsaturated/α-hetero) is 1. The van der Waals surface area contributed by atoms with Crippen LogP contribution in [0.3, 0.4) is 0 Å². The van der Waals surface area contributed by atoms with Crippen molar-refractivity contribution in [3.05, 3.63) is 35.9 Å². The summed E-state index contributed by atoms with van der Waals surface area (Å²) in [6, 6.07) is 4.70. The maximum Gasteiger partial charge on any atom is 0.241 e. The fourth-order valence-corrected chi connectivity index (χ4v) is 4.11. The van der Waals surface area contributed by atoms with Crippen molar-refractivity contribution in [3.63, 3.8) is 0 Å². The van der Waals surface area contributed by atoms with Crippen molar-refractivity contribution in [2.45, 2.75) is 25.6 Å². The van der Waals surface area contributed by atoms with Crippen molar-refractivity contribution >= 4 is 23.3 Å². The van der Waals surface area contributed by atoms with Crippen LogP contribution in [0.5, 0.6) is 5.75 Å². The van der Waals surface area contributed by atoms with Crippen LogP contribution in [0.2, 0.25) is 0 Å². The zero-order chi connectivity index (χ0) is 18.6. The second kappa shape index (κ2) is 5.75. The lowest BCUT2D eigenvalue weighted by Gasteiger charge is -2.27. The number of ketones is 1. The number of hydrogen-bond donors (Lipinski definition) is 1. The van der Waals surface area contributed by atoms with Gasteiger partial charge < -0.3 is 14.6 Å². The van der Waals surface area contributed by atoms with Gasteiger partial charge in [0.1, 0.15) is 11.4 Å². The first-order valence-corrected chi connectivity index (χ1v) is 8.57. The summed E-state index contributed by atoms with van der Waals surface area (Å²) in [5, 5.41) is 9.78. The number of hydrogen-bond acceptors (Lipinski definition) is 6. The Bertz CT molecular complexity index is 846. The predicted octanol–water partition coefficient (Wildman–Crippen LogP) is 1.09. The van der Waals surface area contributed by atoms with E-state index in [2.05, 4.69) is 0 Å². The van der Waals surface area contributed by atoms with E-state index in [0.717, 1.165) is 4.90 Å². The molecule has 4 rings (SSSR count). The SMILES string of the molecule is CCOc1ccc(C(C)=O)cc1N1C(=O)[C@H]2[C@@H](C1=O)[C@@]1(CO)C=C[C@H]2O1. The molecule has 1 aromatic carbocycles. The first-order chi connectivity index (χ1) is 12.4. The quantitative estimate of drug-likeness (QED) is 0.482. The molecule has 3 heterocycles. The zero-order valence-electron chi connectivity index (χ0n) is 14.5. The smallest absolute Gasteiger partial charge is 0.241 e. The Morgan fingerprint density at radius 3 is 2.77 bits per heavy atom. The summed E-state index contributed by atoms with van der Waals surface area (Å²) in [6.07, 6.45) is 2.87. The number of anilines is 1. The van der Waals surface area contributed by atoms with E-state index in [-0.39, 0.29) is 18.1 Å². The first-order valence-electron chi connectivity index (χ1n) is 8.57. The standard InChI is InChI=1S/C19H19NO6/c1-3-25-13-5-4-11(10(2)22)8-12(13)20-17(23)15-14-6-7-19(9-21,26-14)16(15)18(20)24/h4-8,14-16,21H,3,9H2,1-2H3/t14-,15-,16+,19+/m1/s1. The first kappa shape index (κ1) is 16.9. The molecule has 7 nitrogen and oxygen atoms in total. The monoisotopic (exact) mass is 357 g/mol. The van der Waals surface area contributed by atoms with Gasteiger partial charge >= 0.3 is 0 Å². The summed E-state index contributed by atoms with van der Waals surface area (Å²) in [6.45, 7) is 3.19. The molecule has 2 fully saturated rings. The minimum Gasteiger partial charge on any atom is -0.492 e. The summed E-state index contributed by atoms with van der Waals surface area (Å²) in [7, 11) is 0. The molecule has 1 aromatic rings. The number of nitrogens with zero attached hydrogens (tertiary/aromatic N) is 1. The lowest BCUT2D eigenvalue weighted by molar-refractivity contribution is -0.128. The summed E-state index contributed by atoms with van der Waals surface area (Å²) >= 11 is 0. The Balaban J connectivity index is 1.80. The Hall–Kier alpha value is -2.51. The number of amides is 2. The number of imide groups is 1. The molecule has 2 amide bonds. The molecule has 2 saturated heterocycles. The van der Waals surface area contributed by atoms with Gasteiger partial charge in [-0.1, -0.05) is 12.2 Å². The van der Waals surface area contributed by atoms with E-state index in [1.165, 1.54) is 13.0 Å². The lowest BCUT2D eigenvalue weighted by atomic mass is 9.77. The van der Waals surface area contributed by atoms with E-state index < -0.39 is 35.4 Å². The Morgan fingerprint density at radius 2 is 2.12 bits per heavy atom. The molecule has 2 bridgehead atoms. The molecule has 26 heavy (non-hydrogen) atoms. The molecule has 4 atom stereocenters. The highest BCUT2D eigenvalue weighted by molar-refractivity contribution is 6.24. The Labute approximate surface area is 150 Å². The summed E-state index contributed by atoms with van der Waals surface area (Å²) in [4.78, 5) is 39.0. The summed E-state index contributed by atoms with van der Waals surface area (Å²) in [5.74, 6) is -2.10. The molecule has 3 aliphatic rings. The summed E-state index contributed by atoms with van der Waals surface area (Å²) < 4.78 is 11.3. The van der Waals surface area contributed by atoms with Crippen molar-refractivity contribution < 1.29 is 29.0 Å². The number of fused-ring (bicyclic) bond motifs is 5. The number of ether oxygens (including phenoxy) is 2. The number of aliphatic hydroxyl groups is 1. The van der Waals surface area contributed by atoms with Crippen LogP contribution >= 0.6 is 0 Å². The van der Waals surface area contributed by atoms with Gasteiger partial charge in [-0.15, -0.1) is 0 Å².